The number of likely N-dealkylation sites (N-methyl/N-ethyl adjacent to an activating group) is 1. The zero-order chi connectivity index (χ0) is 14.5. The SMILES string of the molecule is CCNCCNC(=O)c1cc(C)nc2cc(Br)ccc12.Cl.Cl. The fraction of sp³-hybridized carbons (Fsp3) is 0.333. The van der Waals surface area contributed by atoms with Crippen molar-refractivity contribution in [2.75, 3.05) is 19.6 Å². The van der Waals surface area contributed by atoms with Crippen LogP contribution < -0.4 is 10.6 Å². The first kappa shape index (κ1) is 21.1. The van der Waals surface area contributed by atoms with Crippen molar-refractivity contribution in [3.8, 4) is 0 Å². The van der Waals surface area contributed by atoms with Crippen molar-refractivity contribution in [2.24, 2.45) is 0 Å². The number of aryl methyl sites for hydroxylation is 1. The van der Waals surface area contributed by atoms with Gasteiger partial charge in [0, 0.05) is 28.6 Å². The predicted molar refractivity (Wildman–Crippen MR) is 99.6 cm³/mol. The van der Waals surface area contributed by atoms with Gasteiger partial charge < -0.3 is 10.6 Å². The van der Waals surface area contributed by atoms with Crippen molar-refractivity contribution in [2.45, 2.75) is 13.8 Å². The van der Waals surface area contributed by atoms with Crippen molar-refractivity contribution < 1.29 is 4.79 Å². The summed E-state index contributed by atoms with van der Waals surface area (Å²) in [7, 11) is 0. The smallest absolute Gasteiger partial charge is 0.252 e. The Balaban J connectivity index is 0.00000220. The summed E-state index contributed by atoms with van der Waals surface area (Å²) in [6.45, 7) is 6.23. The molecule has 0 bridgehead atoms. The Morgan fingerprint density at radius 1 is 1.23 bits per heavy atom. The second-order valence-corrected chi connectivity index (χ2v) is 5.50. The van der Waals surface area contributed by atoms with Crippen LogP contribution in [0, 0.1) is 6.92 Å². The van der Waals surface area contributed by atoms with Gasteiger partial charge in [-0.15, -0.1) is 24.8 Å². The fourth-order valence-corrected chi connectivity index (χ4v) is 2.41. The molecule has 0 saturated heterocycles. The van der Waals surface area contributed by atoms with Crippen LogP contribution in [-0.2, 0) is 0 Å². The van der Waals surface area contributed by atoms with Crippen LogP contribution >= 0.6 is 40.7 Å². The quantitative estimate of drug-likeness (QED) is 0.744. The van der Waals surface area contributed by atoms with E-state index in [1.165, 1.54) is 0 Å². The first-order valence-electron chi connectivity index (χ1n) is 6.67. The van der Waals surface area contributed by atoms with Crippen LogP contribution in [0.4, 0.5) is 0 Å². The summed E-state index contributed by atoms with van der Waals surface area (Å²) in [5, 5.41) is 6.98. The molecule has 1 amide bonds. The minimum absolute atomic E-state index is 0. The zero-order valence-electron chi connectivity index (χ0n) is 12.5. The number of nitrogens with one attached hydrogen (secondary N) is 2. The Bertz CT molecular complexity index is 632. The number of benzene rings is 1. The normalized spacial score (nSPS) is 9.77. The van der Waals surface area contributed by atoms with Gasteiger partial charge in [-0.3, -0.25) is 9.78 Å². The fourth-order valence-electron chi connectivity index (χ4n) is 2.06. The molecule has 2 N–H and O–H groups in total. The molecule has 0 fully saturated rings. The van der Waals surface area contributed by atoms with Crippen molar-refractivity contribution >= 4 is 57.6 Å². The summed E-state index contributed by atoms with van der Waals surface area (Å²) in [5.74, 6) is -0.0549. The Morgan fingerprint density at radius 2 is 1.95 bits per heavy atom. The summed E-state index contributed by atoms with van der Waals surface area (Å²) < 4.78 is 0.960. The summed E-state index contributed by atoms with van der Waals surface area (Å²) in [6, 6.07) is 7.61. The number of carbonyl (C=O) groups excluding carboxylic acids is 1. The van der Waals surface area contributed by atoms with Gasteiger partial charge in [-0.1, -0.05) is 28.9 Å². The van der Waals surface area contributed by atoms with Crippen molar-refractivity contribution in [1.82, 2.24) is 15.6 Å². The lowest BCUT2D eigenvalue weighted by molar-refractivity contribution is 0.0955. The largest absolute Gasteiger partial charge is 0.351 e. The summed E-state index contributed by atoms with van der Waals surface area (Å²) >= 11 is 3.43. The molecule has 4 nitrogen and oxygen atoms in total. The van der Waals surface area contributed by atoms with Crippen molar-refractivity contribution in [3.63, 3.8) is 0 Å². The minimum Gasteiger partial charge on any atom is -0.351 e. The van der Waals surface area contributed by atoms with Crippen LogP contribution in [0.5, 0.6) is 0 Å². The molecule has 0 aliphatic carbocycles. The van der Waals surface area contributed by atoms with Gasteiger partial charge in [-0.2, -0.15) is 0 Å². The maximum Gasteiger partial charge on any atom is 0.252 e. The van der Waals surface area contributed by atoms with Gasteiger partial charge in [0.15, 0.2) is 0 Å². The molecule has 22 heavy (non-hydrogen) atoms. The third-order valence-corrected chi connectivity index (χ3v) is 3.48. The number of fused-ring (bicyclic) bond motifs is 1. The molecule has 1 aromatic carbocycles. The highest BCUT2D eigenvalue weighted by Gasteiger charge is 2.11. The first-order valence-corrected chi connectivity index (χ1v) is 7.47. The Labute approximate surface area is 151 Å². The van der Waals surface area contributed by atoms with E-state index in [-0.39, 0.29) is 30.7 Å². The van der Waals surface area contributed by atoms with E-state index in [4.69, 9.17) is 0 Å². The molecular formula is C15H20BrCl2N3O. The van der Waals surface area contributed by atoms with Gasteiger partial charge in [0.1, 0.15) is 0 Å². The van der Waals surface area contributed by atoms with E-state index in [2.05, 4.69) is 31.5 Å². The first-order chi connectivity index (χ1) is 9.61. The number of aromatic nitrogens is 1. The molecule has 0 spiro atoms. The van der Waals surface area contributed by atoms with Gasteiger partial charge in [0.2, 0.25) is 0 Å². The molecule has 1 aromatic heterocycles. The topological polar surface area (TPSA) is 54.0 Å². The number of hydrogen-bond acceptors (Lipinski definition) is 3. The van der Waals surface area contributed by atoms with Gasteiger partial charge >= 0.3 is 0 Å². The standard InChI is InChI=1S/C15H18BrN3O.2ClH/c1-3-17-6-7-18-15(20)13-8-10(2)19-14-9-11(16)4-5-12(13)14;;/h4-5,8-9,17H,3,6-7H2,1-2H3,(H,18,20);2*1H. The average Bonchev–Trinajstić information content (AvgIpc) is 2.42. The highest BCUT2D eigenvalue weighted by molar-refractivity contribution is 9.10. The van der Waals surface area contributed by atoms with Crippen LogP contribution in [0.25, 0.3) is 10.9 Å². The highest BCUT2D eigenvalue weighted by atomic mass is 79.9. The van der Waals surface area contributed by atoms with Crippen LogP contribution in [-0.4, -0.2) is 30.5 Å². The van der Waals surface area contributed by atoms with E-state index in [0.717, 1.165) is 34.2 Å². The molecule has 0 atom stereocenters. The maximum absolute atomic E-state index is 12.3. The minimum atomic E-state index is -0.0549. The Hall–Kier alpha value is -0.880. The monoisotopic (exact) mass is 407 g/mol. The molecule has 0 aliphatic heterocycles. The van der Waals surface area contributed by atoms with E-state index < -0.39 is 0 Å². The number of carbonyl (C=O) groups is 1. The zero-order valence-corrected chi connectivity index (χ0v) is 15.7. The second-order valence-electron chi connectivity index (χ2n) is 4.58. The Kier molecular flexibility index (Phi) is 9.60. The number of amides is 1. The molecule has 7 heteroatoms. The van der Waals surface area contributed by atoms with Gasteiger partial charge in [0.05, 0.1) is 11.1 Å². The van der Waals surface area contributed by atoms with Crippen LogP contribution in [0.3, 0.4) is 0 Å². The molecule has 122 valence electrons. The third kappa shape index (κ3) is 5.39. The molecule has 2 rings (SSSR count). The molecule has 0 unspecified atom stereocenters. The van der Waals surface area contributed by atoms with Crippen LogP contribution in [0.15, 0.2) is 28.7 Å². The summed E-state index contributed by atoms with van der Waals surface area (Å²) in [4.78, 5) is 16.7. The number of pyridine rings is 1. The van der Waals surface area contributed by atoms with Gasteiger partial charge in [-0.25, -0.2) is 0 Å². The van der Waals surface area contributed by atoms with Gasteiger partial charge in [0.25, 0.3) is 5.91 Å². The molecule has 0 saturated carbocycles. The van der Waals surface area contributed by atoms with Crippen molar-refractivity contribution in [1.29, 1.82) is 0 Å². The van der Waals surface area contributed by atoms with Crippen LogP contribution in [0.2, 0.25) is 0 Å². The van der Waals surface area contributed by atoms with E-state index in [0.29, 0.717) is 12.1 Å². The third-order valence-electron chi connectivity index (χ3n) is 2.98. The number of hydrogen-bond donors (Lipinski definition) is 2. The van der Waals surface area contributed by atoms with E-state index in [1.54, 1.807) is 0 Å². The number of halogens is 3. The summed E-state index contributed by atoms with van der Waals surface area (Å²) in [5.41, 5.74) is 2.35. The Morgan fingerprint density at radius 3 is 2.64 bits per heavy atom. The van der Waals surface area contributed by atoms with Gasteiger partial charge in [-0.05, 0) is 31.7 Å². The second kappa shape index (κ2) is 10.0. The van der Waals surface area contributed by atoms with E-state index in [1.807, 2.05) is 38.1 Å². The number of nitrogens with zero attached hydrogens (tertiary/aromatic N) is 1. The molecule has 1 heterocycles. The number of rotatable bonds is 5. The average molecular weight is 409 g/mol. The van der Waals surface area contributed by atoms with E-state index in [9.17, 15) is 4.79 Å². The van der Waals surface area contributed by atoms with Crippen molar-refractivity contribution in [3.05, 3.63) is 40.0 Å². The lowest BCUT2D eigenvalue weighted by Gasteiger charge is -2.09. The molecule has 0 aliphatic rings. The predicted octanol–water partition coefficient (Wildman–Crippen LogP) is 3.49. The van der Waals surface area contributed by atoms with E-state index >= 15 is 0 Å². The molecule has 0 radical (unpaired) electrons. The molecular weight excluding hydrogens is 389 g/mol. The summed E-state index contributed by atoms with van der Waals surface area (Å²) in [6.07, 6.45) is 0. The lowest BCUT2D eigenvalue weighted by Crippen LogP contribution is -2.31. The van der Waals surface area contributed by atoms with Crippen LogP contribution in [0.1, 0.15) is 23.0 Å². The lowest BCUT2D eigenvalue weighted by atomic mass is 10.1. The molecule has 2 aromatic rings. The maximum atomic E-state index is 12.3. The highest BCUT2D eigenvalue weighted by Crippen LogP contribution is 2.22.